The number of nitrogens with zero attached hydrogens (tertiary/aromatic N) is 1. The van der Waals surface area contributed by atoms with E-state index in [1.165, 1.54) is 37.6 Å². The molecule has 146 valence electrons. The van der Waals surface area contributed by atoms with Gasteiger partial charge in [-0.15, -0.1) is 0 Å². The largest absolute Gasteiger partial charge is 0.468 e. The van der Waals surface area contributed by atoms with E-state index in [1.807, 2.05) is 6.07 Å². The van der Waals surface area contributed by atoms with Crippen molar-refractivity contribution in [3.05, 3.63) is 34.9 Å². The fourth-order valence-electron chi connectivity index (χ4n) is 5.03. The van der Waals surface area contributed by atoms with E-state index in [-0.39, 0.29) is 17.9 Å². The topological polar surface area (TPSA) is 58.6 Å². The lowest BCUT2D eigenvalue weighted by atomic mass is 9.59. The number of piperidine rings is 1. The van der Waals surface area contributed by atoms with Crippen LogP contribution in [0.15, 0.2) is 18.2 Å². The molecule has 1 amide bonds. The molecule has 3 atom stereocenters. The zero-order chi connectivity index (χ0) is 19.2. The first-order valence-corrected chi connectivity index (χ1v) is 10.1. The summed E-state index contributed by atoms with van der Waals surface area (Å²) in [6, 6.07) is 6.69. The van der Waals surface area contributed by atoms with E-state index in [0.29, 0.717) is 17.5 Å². The van der Waals surface area contributed by atoms with Crippen LogP contribution in [0.3, 0.4) is 0 Å². The first-order chi connectivity index (χ1) is 12.9. The van der Waals surface area contributed by atoms with E-state index < -0.39 is 5.97 Å². The number of hydrogen-bond acceptors (Lipinski definition) is 4. The summed E-state index contributed by atoms with van der Waals surface area (Å²) in [5.41, 5.74) is 3.44. The summed E-state index contributed by atoms with van der Waals surface area (Å²) in [4.78, 5) is 26.5. The Labute approximate surface area is 161 Å². The van der Waals surface area contributed by atoms with Crippen molar-refractivity contribution in [2.24, 2.45) is 11.8 Å². The SMILES string of the molecule is COC(=O)CNC(=O)c1ccc2c(c1)[C@@]1(C)CCN(CC3CC3)C(C2)[C@@H]1C. The predicted octanol–water partition coefficient (Wildman–Crippen LogP) is 2.52. The van der Waals surface area contributed by atoms with Crippen LogP contribution in [-0.4, -0.2) is 49.6 Å². The molecule has 0 aromatic heterocycles. The Balaban J connectivity index is 1.57. The second kappa shape index (κ2) is 6.93. The molecule has 1 saturated heterocycles. The van der Waals surface area contributed by atoms with Gasteiger partial charge in [0.15, 0.2) is 0 Å². The maximum absolute atomic E-state index is 12.5. The van der Waals surface area contributed by atoms with Crippen molar-refractivity contribution in [3.63, 3.8) is 0 Å². The molecule has 5 heteroatoms. The van der Waals surface area contributed by atoms with Crippen molar-refractivity contribution in [2.45, 2.75) is 51.0 Å². The van der Waals surface area contributed by atoms with Gasteiger partial charge in [-0.05, 0) is 72.7 Å². The molecule has 1 unspecified atom stereocenters. The number of esters is 1. The molecule has 1 heterocycles. The van der Waals surface area contributed by atoms with Crippen LogP contribution in [0, 0.1) is 11.8 Å². The number of nitrogens with one attached hydrogen (secondary N) is 1. The zero-order valence-electron chi connectivity index (χ0n) is 16.6. The number of rotatable bonds is 5. The van der Waals surface area contributed by atoms with Crippen LogP contribution in [-0.2, 0) is 21.4 Å². The van der Waals surface area contributed by atoms with Gasteiger partial charge in [-0.25, -0.2) is 0 Å². The minimum atomic E-state index is -0.437. The van der Waals surface area contributed by atoms with Gasteiger partial charge < -0.3 is 10.1 Å². The van der Waals surface area contributed by atoms with Crippen molar-refractivity contribution in [2.75, 3.05) is 26.7 Å². The molecular formula is C22H30N2O3. The third kappa shape index (κ3) is 3.38. The molecule has 3 aliphatic rings. The number of benzene rings is 1. The lowest BCUT2D eigenvalue weighted by molar-refractivity contribution is -0.139. The van der Waals surface area contributed by atoms with E-state index >= 15 is 0 Å². The second-order valence-corrected chi connectivity index (χ2v) is 8.80. The third-order valence-electron chi connectivity index (χ3n) is 7.20. The Bertz CT molecular complexity index is 758. The van der Waals surface area contributed by atoms with Crippen LogP contribution in [0.4, 0.5) is 0 Å². The molecule has 4 rings (SSSR count). The average molecular weight is 370 g/mol. The third-order valence-corrected chi connectivity index (χ3v) is 7.20. The Kier molecular flexibility index (Phi) is 4.75. The summed E-state index contributed by atoms with van der Waals surface area (Å²) in [5, 5.41) is 2.65. The lowest BCUT2D eigenvalue weighted by Gasteiger charge is -2.55. The van der Waals surface area contributed by atoms with Gasteiger partial charge in [-0.1, -0.05) is 19.9 Å². The molecule has 0 spiro atoms. The molecule has 1 aromatic rings. The fraction of sp³-hybridized carbons (Fsp3) is 0.636. The summed E-state index contributed by atoms with van der Waals surface area (Å²) in [6.45, 7) is 7.07. The predicted molar refractivity (Wildman–Crippen MR) is 104 cm³/mol. The van der Waals surface area contributed by atoms with Gasteiger partial charge >= 0.3 is 5.97 Å². The molecule has 2 aliphatic carbocycles. The minimum absolute atomic E-state index is 0.0989. The first-order valence-electron chi connectivity index (χ1n) is 10.1. The van der Waals surface area contributed by atoms with Gasteiger partial charge in [0, 0.05) is 18.2 Å². The number of fused-ring (bicyclic) bond motifs is 4. The molecule has 27 heavy (non-hydrogen) atoms. The Morgan fingerprint density at radius 1 is 1.33 bits per heavy atom. The molecule has 2 fully saturated rings. The number of carbonyl (C=O) groups is 2. The van der Waals surface area contributed by atoms with E-state index in [1.54, 1.807) is 0 Å². The van der Waals surface area contributed by atoms with Crippen molar-refractivity contribution in [3.8, 4) is 0 Å². The first kappa shape index (κ1) is 18.5. The molecule has 1 saturated carbocycles. The molecule has 1 aromatic carbocycles. The Hall–Kier alpha value is -1.88. The van der Waals surface area contributed by atoms with Gasteiger partial charge in [0.25, 0.3) is 5.91 Å². The molecule has 5 nitrogen and oxygen atoms in total. The van der Waals surface area contributed by atoms with Gasteiger partial charge in [-0.3, -0.25) is 14.5 Å². The van der Waals surface area contributed by atoms with E-state index in [9.17, 15) is 9.59 Å². The number of likely N-dealkylation sites (tertiary alicyclic amines) is 1. The second-order valence-electron chi connectivity index (χ2n) is 8.80. The molecular weight excluding hydrogens is 340 g/mol. The molecule has 1 aliphatic heterocycles. The van der Waals surface area contributed by atoms with Gasteiger partial charge in [0.1, 0.15) is 6.54 Å². The highest BCUT2D eigenvalue weighted by Gasteiger charge is 2.49. The van der Waals surface area contributed by atoms with Crippen molar-refractivity contribution >= 4 is 11.9 Å². The van der Waals surface area contributed by atoms with Crippen LogP contribution >= 0.6 is 0 Å². The maximum atomic E-state index is 12.5. The molecule has 2 bridgehead atoms. The maximum Gasteiger partial charge on any atom is 0.325 e. The van der Waals surface area contributed by atoms with Crippen LogP contribution < -0.4 is 5.32 Å². The van der Waals surface area contributed by atoms with Crippen molar-refractivity contribution < 1.29 is 14.3 Å². The number of ether oxygens (including phenoxy) is 1. The summed E-state index contributed by atoms with van der Waals surface area (Å²) >= 11 is 0. The number of carbonyl (C=O) groups excluding carboxylic acids is 2. The summed E-state index contributed by atoms with van der Waals surface area (Å²) in [6.07, 6.45) is 5.01. The lowest BCUT2D eigenvalue weighted by Crippen LogP contribution is -2.58. The minimum Gasteiger partial charge on any atom is -0.468 e. The zero-order valence-corrected chi connectivity index (χ0v) is 16.6. The monoisotopic (exact) mass is 370 g/mol. The summed E-state index contributed by atoms with van der Waals surface area (Å²) in [7, 11) is 1.32. The highest BCUT2D eigenvalue weighted by atomic mass is 16.5. The number of methoxy groups -OCH3 is 1. The normalized spacial score (nSPS) is 29.7. The van der Waals surface area contributed by atoms with E-state index in [2.05, 4.69) is 40.9 Å². The van der Waals surface area contributed by atoms with E-state index in [0.717, 1.165) is 25.3 Å². The highest BCUT2D eigenvalue weighted by molar-refractivity contribution is 5.96. The highest BCUT2D eigenvalue weighted by Crippen LogP contribution is 2.49. The Morgan fingerprint density at radius 3 is 2.81 bits per heavy atom. The number of amides is 1. The molecule has 1 N–H and O–H groups in total. The smallest absolute Gasteiger partial charge is 0.325 e. The van der Waals surface area contributed by atoms with E-state index in [4.69, 9.17) is 0 Å². The van der Waals surface area contributed by atoms with Crippen LogP contribution in [0.25, 0.3) is 0 Å². The number of hydrogen-bond donors (Lipinski definition) is 1. The van der Waals surface area contributed by atoms with Crippen molar-refractivity contribution in [1.29, 1.82) is 0 Å². The standard InChI is InChI=1S/C22H30N2O3/c1-14-19-11-16-6-7-17(21(26)23-12-20(25)27-3)10-18(16)22(14,2)8-9-24(19)13-15-4-5-15/h6-7,10,14-15,19H,4-5,8-9,11-13H2,1-3H3,(H,23,26)/t14-,19?,22-/m0/s1. The fourth-order valence-corrected chi connectivity index (χ4v) is 5.03. The van der Waals surface area contributed by atoms with Crippen LogP contribution in [0.1, 0.15) is 54.6 Å². The van der Waals surface area contributed by atoms with Gasteiger partial charge in [-0.2, -0.15) is 0 Å². The van der Waals surface area contributed by atoms with Gasteiger partial charge in [0.2, 0.25) is 0 Å². The molecule has 0 radical (unpaired) electrons. The quantitative estimate of drug-likeness (QED) is 0.809. The van der Waals surface area contributed by atoms with Gasteiger partial charge in [0.05, 0.1) is 7.11 Å². The average Bonchev–Trinajstić information content (AvgIpc) is 3.48. The van der Waals surface area contributed by atoms with Crippen LogP contribution in [0.2, 0.25) is 0 Å². The Morgan fingerprint density at radius 2 is 2.11 bits per heavy atom. The summed E-state index contributed by atoms with van der Waals surface area (Å²) in [5.74, 6) is 0.843. The summed E-state index contributed by atoms with van der Waals surface area (Å²) < 4.78 is 4.59. The van der Waals surface area contributed by atoms with Crippen LogP contribution in [0.5, 0.6) is 0 Å². The van der Waals surface area contributed by atoms with Crippen molar-refractivity contribution in [1.82, 2.24) is 10.2 Å².